The van der Waals surface area contributed by atoms with Crippen molar-refractivity contribution in [2.45, 2.75) is 58.5 Å². The van der Waals surface area contributed by atoms with Crippen LogP contribution in [0.1, 0.15) is 52.4 Å². The molecule has 0 saturated heterocycles. The molecule has 1 aliphatic rings. The summed E-state index contributed by atoms with van der Waals surface area (Å²) in [7, 11) is 0. The normalized spacial score (nSPS) is 26.1. The van der Waals surface area contributed by atoms with Crippen molar-refractivity contribution in [3.8, 4) is 0 Å². The van der Waals surface area contributed by atoms with Crippen LogP contribution in [0.25, 0.3) is 0 Å². The third-order valence-electron chi connectivity index (χ3n) is 4.58. The van der Waals surface area contributed by atoms with Crippen LogP contribution in [0.4, 0.5) is 0 Å². The van der Waals surface area contributed by atoms with E-state index in [0.29, 0.717) is 5.92 Å². The van der Waals surface area contributed by atoms with Gasteiger partial charge in [0.2, 0.25) is 0 Å². The summed E-state index contributed by atoms with van der Waals surface area (Å²) >= 11 is 0. The molecule has 1 fully saturated rings. The maximum Gasteiger partial charge on any atom is 0.0540 e. The Morgan fingerprint density at radius 2 is 1.71 bits per heavy atom. The standard InChI is InChI=1S/C14H29NO2/c1-3-14(4-2,11-16)10-15-9-12-5-7-13(17)8-6-12/h12-13,15-17H,3-11H2,1-2H3. The van der Waals surface area contributed by atoms with Crippen LogP contribution in [-0.4, -0.2) is 36.0 Å². The van der Waals surface area contributed by atoms with Gasteiger partial charge in [-0.25, -0.2) is 0 Å². The molecule has 0 aromatic rings. The third-order valence-corrected chi connectivity index (χ3v) is 4.58. The minimum absolute atomic E-state index is 0.0610. The zero-order valence-electron chi connectivity index (χ0n) is 11.4. The van der Waals surface area contributed by atoms with Crippen molar-refractivity contribution in [2.24, 2.45) is 11.3 Å². The first-order valence-electron chi connectivity index (χ1n) is 7.15. The van der Waals surface area contributed by atoms with Gasteiger partial charge in [-0.2, -0.15) is 0 Å². The van der Waals surface area contributed by atoms with Gasteiger partial charge in [-0.15, -0.1) is 0 Å². The number of hydrogen-bond acceptors (Lipinski definition) is 3. The van der Waals surface area contributed by atoms with Gasteiger partial charge >= 0.3 is 0 Å². The Labute approximate surface area is 106 Å². The smallest absolute Gasteiger partial charge is 0.0540 e. The lowest BCUT2D eigenvalue weighted by Gasteiger charge is -2.31. The van der Waals surface area contributed by atoms with Gasteiger partial charge in [-0.05, 0) is 51.0 Å². The highest BCUT2D eigenvalue weighted by Crippen LogP contribution is 2.26. The van der Waals surface area contributed by atoms with Crippen LogP contribution < -0.4 is 5.32 Å². The Morgan fingerprint density at radius 1 is 1.12 bits per heavy atom. The minimum atomic E-state index is -0.0610. The van der Waals surface area contributed by atoms with Crippen molar-refractivity contribution in [3.05, 3.63) is 0 Å². The van der Waals surface area contributed by atoms with Crippen LogP contribution in [-0.2, 0) is 0 Å². The zero-order valence-corrected chi connectivity index (χ0v) is 11.4. The van der Waals surface area contributed by atoms with Crippen molar-refractivity contribution in [3.63, 3.8) is 0 Å². The number of rotatable bonds is 7. The van der Waals surface area contributed by atoms with Crippen molar-refractivity contribution in [2.75, 3.05) is 19.7 Å². The molecule has 1 rings (SSSR count). The summed E-state index contributed by atoms with van der Waals surface area (Å²) in [6.07, 6.45) is 6.18. The summed E-state index contributed by atoms with van der Waals surface area (Å²) in [5, 5.41) is 22.4. The second-order valence-electron chi connectivity index (χ2n) is 5.67. The summed E-state index contributed by atoms with van der Waals surface area (Å²) in [6, 6.07) is 0. The van der Waals surface area contributed by atoms with Gasteiger partial charge in [0.15, 0.2) is 0 Å². The lowest BCUT2D eigenvalue weighted by molar-refractivity contribution is 0.0975. The first-order valence-corrected chi connectivity index (χ1v) is 7.15. The molecule has 0 aliphatic heterocycles. The average molecular weight is 243 g/mol. The van der Waals surface area contributed by atoms with E-state index in [1.165, 1.54) is 0 Å². The lowest BCUT2D eigenvalue weighted by atomic mass is 9.82. The molecule has 1 saturated carbocycles. The Kier molecular flexibility index (Phi) is 6.45. The molecule has 0 aromatic carbocycles. The van der Waals surface area contributed by atoms with Gasteiger partial charge in [0.1, 0.15) is 0 Å². The molecule has 0 atom stereocenters. The highest BCUT2D eigenvalue weighted by Gasteiger charge is 2.25. The minimum Gasteiger partial charge on any atom is -0.396 e. The second-order valence-corrected chi connectivity index (χ2v) is 5.67. The largest absolute Gasteiger partial charge is 0.396 e. The first-order chi connectivity index (χ1) is 8.15. The molecule has 102 valence electrons. The molecule has 0 unspecified atom stereocenters. The SMILES string of the molecule is CCC(CC)(CO)CNCC1CCC(O)CC1. The summed E-state index contributed by atoms with van der Waals surface area (Å²) < 4.78 is 0. The number of aliphatic hydroxyl groups is 2. The molecule has 17 heavy (non-hydrogen) atoms. The van der Waals surface area contributed by atoms with Gasteiger partial charge in [-0.1, -0.05) is 13.8 Å². The summed E-state index contributed by atoms with van der Waals surface area (Å²) in [5.41, 5.74) is 0.0637. The predicted octanol–water partition coefficient (Wildman–Crippen LogP) is 1.93. The summed E-state index contributed by atoms with van der Waals surface area (Å²) in [5.74, 6) is 0.712. The number of aliphatic hydroxyl groups excluding tert-OH is 2. The Balaban J connectivity index is 2.22. The maximum absolute atomic E-state index is 9.48. The van der Waals surface area contributed by atoms with E-state index in [9.17, 15) is 10.2 Å². The average Bonchev–Trinajstić information content (AvgIpc) is 2.38. The Hall–Kier alpha value is -0.120. The van der Waals surface area contributed by atoms with Crippen LogP contribution >= 0.6 is 0 Å². The van der Waals surface area contributed by atoms with E-state index < -0.39 is 0 Å². The van der Waals surface area contributed by atoms with Crippen LogP contribution in [0, 0.1) is 11.3 Å². The third kappa shape index (κ3) is 4.57. The molecule has 1 aliphatic carbocycles. The van der Waals surface area contributed by atoms with Crippen molar-refractivity contribution < 1.29 is 10.2 Å². The van der Waals surface area contributed by atoms with Crippen molar-refractivity contribution in [1.29, 1.82) is 0 Å². The summed E-state index contributed by atoms with van der Waals surface area (Å²) in [6.45, 7) is 6.52. The van der Waals surface area contributed by atoms with E-state index in [1.807, 2.05) is 0 Å². The van der Waals surface area contributed by atoms with E-state index in [4.69, 9.17) is 0 Å². The van der Waals surface area contributed by atoms with Crippen LogP contribution in [0.15, 0.2) is 0 Å². The molecule has 0 aromatic heterocycles. The van der Waals surface area contributed by atoms with Crippen LogP contribution in [0.3, 0.4) is 0 Å². The molecule has 3 N–H and O–H groups in total. The molecule has 3 nitrogen and oxygen atoms in total. The monoisotopic (exact) mass is 243 g/mol. The van der Waals surface area contributed by atoms with E-state index in [0.717, 1.165) is 51.6 Å². The molecule has 3 heteroatoms. The fraction of sp³-hybridized carbons (Fsp3) is 1.00. The molecule has 0 bridgehead atoms. The van der Waals surface area contributed by atoms with Gasteiger partial charge in [0.25, 0.3) is 0 Å². The maximum atomic E-state index is 9.48. The van der Waals surface area contributed by atoms with Gasteiger partial charge in [0, 0.05) is 18.6 Å². The molecule has 0 spiro atoms. The van der Waals surface area contributed by atoms with Gasteiger partial charge in [-0.3, -0.25) is 0 Å². The van der Waals surface area contributed by atoms with Crippen LogP contribution in [0.2, 0.25) is 0 Å². The second kappa shape index (κ2) is 7.34. The lowest BCUT2D eigenvalue weighted by Crippen LogP contribution is -2.39. The van der Waals surface area contributed by atoms with E-state index in [1.54, 1.807) is 0 Å². The highest BCUT2D eigenvalue weighted by atomic mass is 16.3. The van der Waals surface area contributed by atoms with Crippen molar-refractivity contribution in [1.82, 2.24) is 5.32 Å². The zero-order chi connectivity index (χ0) is 12.7. The number of nitrogens with one attached hydrogen (secondary N) is 1. The van der Waals surface area contributed by atoms with Gasteiger partial charge < -0.3 is 15.5 Å². The predicted molar refractivity (Wildman–Crippen MR) is 70.9 cm³/mol. The Morgan fingerprint density at radius 3 is 2.18 bits per heavy atom. The number of hydrogen-bond donors (Lipinski definition) is 3. The molecule has 0 amide bonds. The Bertz CT molecular complexity index is 188. The fourth-order valence-corrected chi connectivity index (χ4v) is 2.67. The van der Waals surface area contributed by atoms with Crippen LogP contribution in [0.5, 0.6) is 0 Å². The van der Waals surface area contributed by atoms with E-state index >= 15 is 0 Å². The van der Waals surface area contributed by atoms with Crippen molar-refractivity contribution >= 4 is 0 Å². The summed E-state index contributed by atoms with van der Waals surface area (Å²) in [4.78, 5) is 0. The van der Waals surface area contributed by atoms with E-state index in [-0.39, 0.29) is 18.1 Å². The fourth-order valence-electron chi connectivity index (χ4n) is 2.67. The molecular weight excluding hydrogens is 214 g/mol. The molecule has 0 heterocycles. The van der Waals surface area contributed by atoms with Gasteiger partial charge in [0.05, 0.1) is 6.10 Å². The highest BCUT2D eigenvalue weighted by molar-refractivity contribution is 4.80. The molecular formula is C14H29NO2. The van der Waals surface area contributed by atoms with E-state index in [2.05, 4.69) is 19.2 Å². The topological polar surface area (TPSA) is 52.5 Å². The molecule has 0 radical (unpaired) electrons. The quantitative estimate of drug-likeness (QED) is 0.640. The first kappa shape index (κ1) is 14.9.